The summed E-state index contributed by atoms with van der Waals surface area (Å²) in [5.41, 5.74) is 1.30. The summed E-state index contributed by atoms with van der Waals surface area (Å²) in [5, 5.41) is 16.4. The first-order chi connectivity index (χ1) is 18.0. The van der Waals surface area contributed by atoms with Crippen molar-refractivity contribution in [1.82, 2.24) is 10.2 Å². The van der Waals surface area contributed by atoms with E-state index in [0.29, 0.717) is 18.6 Å². The third-order valence-corrected chi connectivity index (χ3v) is 8.01. The van der Waals surface area contributed by atoms with Crippen LogP contribution < -0.4 is 5.32 Å². The Morgan fingerprint density at radius 3 is 2.53 bits per heavy atom. The number of carbonyl (C=O) groups is 4. The molecule has 0 spiro atoms. The first kappa shape index (κ1) is 29.7. The average molecular weight is 563 g/mol. The summed E-state index contributed by atoms with van der Waals surface area (Å²) in [6.07, 6.45) is 0.872. The smallest absolute Gasteiger partial charge is 0.326 e. The number of hydrogen-bond donors (Lipinski definition) is 2. The van der Waals surface area contributed by atoms with Crippen LogP contribution in [0.5, 0.6) is 0 Å². The Labute approximate surface area is 230 Å². The second-order valence-corrected chi connectivity index (χ2v) is 12.1. The number of esters is 2. The molecular weight excluding hydrogens is 528 g/mol. The molecule has 3 rings (SSSR count). The number of rotatable bonds is 11. The fourth-order valence-corrected chi connectivity index (χ4v) is 5.95. The highest BCUT2D eigenvalue weighted by Gasteiger charge is 2.36. The fourth-order valence-electron chi connectivity index (χ4n) is 3.86. The van der Waals surface area contributed by atoms with E-state index in [-0.39, 0.29) is 17.7 Å². The van der Waals surface area contributed by atoms with Crippen molar-refractivity contribution in [2.24, 2.45) is 5.41 Å². The number of aliphatic carboxylic acids is 1. The molecule has 2 heterocycles. The number of thiophene rings is 1. The zero-order valence-corrected chi connectivity index (χ0v) is 23.4. The zero-order valence-electron chi connectivity index (χ0n) is 21.8. The van der Waals surface area contributed by atoms with Gasteiger partial charge in [-0.3, -0.25) is 24.5 Å². The van der Waals surface area contributed by atoms with E-state index in [4.69, 9.17) is 9.47 Å². The number of benzene rings is 1. The van der Waals surface area contributed by atoms with E-state index in [2.05, 4.69) is 5.32 Å². The molecule has 11 heteroatoms. The van der Waals surface area contributed by atoms with E-state index < -0.39 is 48.7 Å². The largest absolute Gasteiger partial charge is 0.480 e. The molecule has 0 radical (unpaired) electrons. The maximum atomic E-state index is 13.4. The third kappa shape index (κ3) is 8.85. The van der Waals surface area contributed by atoms with Crippen LogP contribution in [0.25, 0.3) is 0 Å². The minimum absolute atomic E-state index is 0.0807. The van der Waals surface area contributed by atoms with Gasteiger partial charge in [0.2, 0.25) is 12.7 Å². The Morgan fingerprint density at radius 1 is 1.16 bits per heavy atom. The van der Waals surface area contributed by atoms with Gasteiger partial charge < -0.3 is 19.5 Å². The van der Waals surface area contributed by atoms with Crippen LogP contribution in [0.2, 0.25) is 0 Å². The van der Waals surface area contributed by atoms with Crippen molar-refractivity contribution < 1.29 is 33.8 Å². The van der Waals surface area contributed by atoms with Crippen molar-refractivity contribution in [1.29, 1.82) is 0 Å². The molecule has 1 aromatic heterocycles. The number of nitrogens with one attached hydrogen (secondary N) is 1. The highest BCUT2D eigenvalue weighted by atomic mass is 32.2. The molecule has 1 saturated heterocycles. The minimum atomic E-state index is -1.10. The van der Waals surface area contributed by atoms with Gasteiger partial charge >= 0.3 is 17.9 Å². The molecule has 1 aliphatic rings. The second-order valence-electron chi connectivity index (χ2n) is 10.1. The highest BCUT2D eigenvalue weighted by Crippen LogP contribution is 2.34. The molecule has 206 valence electrons. The number of aryl methyl sites for hydroxylation is 1. The number of nitrogens with zero attached hydrogens (tertiary/aromatic N) is 1. The summed E-state index contributed by atoms with van der Waals surface area (Å²) in [4.78, 5) is 51.4. The van der Waals surface area contributed by atoms with Crippen molar-refractivity contribution in [2.45, 2.75) is 50.9 Å². The summed E-state index contributed by atoms with van der Waals surface area (Å²) in [6, 6.07) is 9.90. The van der Waals surface area contributed by atoms with Crippen molar-refractivity contribution in [3.63, 3.8) is 0 Å². The molecule has 1 amide bonds. The molecule has 9 nitrogen and oxygen atoms in total. The normalized spacial score (nSPS) is 18.9. The quantitative estimate of drug-likeness (QED) is 0.313. The van der Waals surface area contributed by atoms with E-state index in [1.165, 1.54) is 4.90 Å². The van der Waals surface area contributed by atoms with Gasteiger partial charge in [0.1, 0.15) is 12.6 Å². The van der Waals surface area contributed by atoms with Gasteiger partial charge in [0.25, 0.3) is 0 Å². The van der Waals surface area contributed by atoms with Gasteiger partial charge in [-0.15, -0.1) is 11.8 Å². The van der Waals surface area contributed by atoms with Crippen LogP contribution in [0, 0.1) is 5.41 Å². The van der Waals surface area contributed by atoms with Gasteiger partial charge in [0.05, 0.1) is 11.5 Å². The van der Waals surface area contributed by atoms with Gasteiger partial charge in [-0.2, -0.15) is 11.3 Å². The maximum Gasteiger partial charge on any atom is 0.326 e. The van der Waals surface area contributed by atoms with Crippen molar-refractivity contribution in [2.75, 3.05) is 25.6 Å². The van der Waals surface area contributed by atoms with Gasteiger partial charge in [0.15, 0.2) is 0 Å². The number of thioether (sulfide) groups is 1. The molecule has 3 unspecified atom stereocenters. The lowest BCUT2D eigenvalue weighted by Gasteiger charge is -2.27. The van der Waals surface area contributed by atoms with E-state index in [9.17, 15) is 24.3 Å². The predicted octanol–water partition coefficient (Wildman–Crippen LogP) is 3.50. The van der Waals surface area contributed by atoms with Crippen LogP contribution in [-0.4, -0.2) is 71.5 Å². The fraction of sp³-hybridized carbons (Fsp3) is 0.481. The van der Waals surface area contributed by atoms with Gasteiger partial charge in [-0.05, 0) is 61.6 Å². The lowest BCUT2D eigenvalue weighted by molar-refractivity contribution is -0.174. The SMILES string of the molecule is CC(C)(C)C(=O)OCOC(=O)C(CCc1ccccc1)NC1CSC(c2ccsc2)CN(CC(=O)O)C1=O. The number of amides is 1. The van der Waals surface area contributed by atoms with E-state index >= 15 is 0 Å². The Kier molecular flexibility index (Phi) is 10.7. The molecule has 1 aliphatic heterocycles. The van der Waals surface area contributed by atoms with Gasteiger partial charge in [-0.1, -0.05) is 30.3 Å². The molecule has 38 heavy (non-hydrogen) atoms. The topological polar surface area (TPSA) is 122 Å². The Bertz CT molecular complexity index is 1090. The number of carboxylic acid groups (broad SMARTS) is 1. The minimum Gasteiger partial charge on any atom is -0.480 e. The van der Waals surface area contributed by atoms with E-state index in [1.807, 2.05) is 47.2 Å². The molecule has 0 aliphatic carbocycles. The number of hydrogen-bond acceptors (Lipinski definition) is 9. The lowest BCUT2D eigenvalue weighted by atomic mass is 9.98. The summed E-state index contributed by atoms with van der Waals surface area (Å²) >= 11 is 3.09. The highest BCUT2D eigenvalue weighted by molar-refractivity contribution is 7.99. The number of carboxylic acids is 1. The monoisotopic (exact) mass is 562 g/mol. The molecule has 0 saturated carbocycles. The first-order valence-corrected chi connectivity index (χ1v) is 14.3. The Hall–Kier alpha value is -2.89. The third-order valence-electron chi connectivity index (χ3n) is 5.96. The molecular formula is C27H34N2O7S2. The predicted molar refractivity (Wildman–Crippen MR) is 146 cm³/mol. The van der Waals surface area contributed by atoms with Crippen LogP contribution in [0.3, 0.4) is 0 Å². The van der Waals surface area contributed by atoms with Crippen molar-refractivity contribution in [3.05, 3.63) is 58.3 Å². The van der Waals surface area contributed by atoms with E-state index in [0.717, 1.165) is 11.1 Å². The van der Waals surface area contributed by atoms with Crippen LogP contribution >= 0.6 is 23.1 Å². The molecule has 2 N–H and O–H groups in total. The standard InChI is InChI=1S/C27H34N2O7S2/c1-27(2,3)26(34)36-17-35-25(33)20(10-9-18-7-5-4-6-8-18)28-21-16-38-22(19-11-12-37-15-19)13-29(24(21)32)14-23(30)31/h4-8,11-12,15,20-22,28H,9-10,13-14,16-17H2,1-3H3,(H,30,31). The van der Waals surface area contributed by atoms with Crippen LogP contribution in [0.15, 0.2) is 47.2 Å². The summed E-state index contributed by atoms with van der Waals surface area (Å²) in [7, 11) is 0. The number of ether oxygens (including phenoxy) is 2. The summed E-state index contributed by atoms with van der Waals surface area (Å²) < 4.78 is 10.4. The molecule has 3 atom stereocenters. The molecule has 0 bridgehead atoms. The van der Waals surface area contributed by atoms with Crippen molar-refractivity contribution >= 4 is 46.9 Å². The number of carbonyl (C=O) groups excluding carboxylic acids is 3. The lowest BCUT2D eigenvalue weighted by Crippen LogP contribution is -2.53. The second kappa shape index (κ2) is 13.8. The summed E-state index contributed by atoms with van der Waals surface area (Å²) in [5.74, 6) is -2.28. The van der Waals surface area contributed by atoms with Crippen LogP contribution in [-0.2, 0) is 35.1 Å². The van der Waals surface area contributed by atoms with E-state index in [1.54, 1.807) is 43.9 Å². The average Bonchev–Trinajstić information content (AvgIpc) is 3.36. The molecule has 1 aromatic carbocycles. The zero-order chi connectivity index (χ0) is 27.7. The van der Waals surface area contributed by atoms with Gasteiger partial charge in [-0.25, -0.2) is 0 Å². The molecule has 2 aromatic rings. The Balaban J connectivity index is 1.74. The molecule has 1 fully saturated rings. The van der Waals surface area contributed by atoms with Crippen LogP contribution in [0.1, 0.15) is 43.6 Å². The first-order valence-electron chi connectivity index (χ1n) is 12.3. The maximum absolute atomic E-state index is 13.4. The Morgan fingerprint density at radius 2 is 1.89 bits per heavy atom. The summed E-state index contributed by atoms with van der Waals surface area (Å²) in [6.45, 7) is 4.39. The van der Waals surface area contributed by atoms with Crippen LogP contribution in [0.4, 0.5) is 0 Å². The van der Waals surface area contributed by atoms with Crippen molar-refractivity contribution in [3.8, 4) is 0 Å². The van der Waals surface area contributed by atoms with Gasteiger partial charge in [0, 0.05) is 17.5 Å².